The summed E-state index contributed by atoms with van der Waals surface area (Å²) in [5.74, 6) is -7.76. The first kappa shape index (κ1) is 40.0. The molecule has 306 valence electrons. The molecule has 0 spiro atoms. The number of likely N-dealkylation sites (tertiary alicyclic amines) is 1. The molecule has 4 amide bonds. The Balaban J connectivity index is 1.30. The Hall–Kier alpha value is -5.80. The molecule has 2 aliphatic heterocycles. The number of phenolic OH excluding ortho intramolecular Hbond substituents is 2. The van der Waals surface area contributed by atoms with Gasteiger partial charge in [-0.1, -0.05) is 59.1 Å². The Morgan fingerprint density at radius 1 is 0.881 bits per heavy atom. The average molecular weight is 852 g/mol. The van der Waals surface area contributed by atoms with E-state index in [1.165, 1.54) is 43.4 Å². The molecule has 17 heteroatoms. The van der Waals surface area contributed by atoms with Crippen molar-refractivity contribution in [2.24, 2.45) is 23.7 Å². The van der Waals surface area contributed by atoms with E-state index in [0.717, 1.165) is 5.56 Å². The van der Waals surface area contributed by atoms with Gasteiger partial charge in [-0.15, -0.1) is 0 Å². The highest BCUT2D eigenvalue weighted by molar-refractivity contribution is 6.33. The highest BCUT2D eigenvalue weighted by Gasteiger charge is 2.71. The number of anilines is 1. The number of hydrogen-bond acceptors (Lipinski definition) is 10. The molecular weight excluding hydrogens is 816 g/mol. The van der Waals surface area contributed by atoms with Gasteiger partial charge in [0.1, 0.15) is 23.0 Å². The number of phenols is 2. The van der Waals surface area contributed by atoms with Crippen LogP contribution in [0.5, 0.6) is 23.0 Å². The number of hydrazine groups is 1. The Morgan fingerprint density at radius 2 is 1.54 bits per heavy atom. The number of pyridine rings is 1. The number of hydrogen-bond donors (Lipinski definition) is 3. The predicted molar refractivity (Wildman–Crippen MR) is 207 cm³/mol. The summed E-state index contributed by atoms with van der Waals surface area (Å²) in [5, 5.41) is 21.0. The number of nitrogens with zero attached hydrogens (tertiary/aromatic N) is 3. The standard InChI is InChI=1S/C42H35Cl2F3N4O8/c1-58-31-16-25(53)17-32(59-2)34(31)35-26-11-12-27-33(39(56)50(37(27)54)14-13-20-3-9-24(52)10-4-20)28(26)18-29-38(55)51(40(57)41(29,35)21-5-7-23(43)8-6-21)49-36-30(44)15-22(19-48-36)42(45,46)47/h3-11,15-17,19,27-29,33,35,52-53H,12-14,18H2,1-2H3,(H,48,49). The van der Waals surface area contributed by atoms with Crippen molar-refractivity contribution in [3.05, 3.63) is 117 Å². The Kier molecular flexibility index (Phi) is 10.0. The lowest BCUT2D eigenvalue weighted by molar-refractivity contribution is -0.141. The number of rotatable bonds is 9. The molecule has 4 aliphatic rings. The van der Waals surface area contributed by atoms with Gasteiger partial charge >= 0.3 is 6.18 Å². The van der Waals surface area contributed by atoms with Crippen LogP contribution >= 0.6 is 23.2 Å². The molecule has 3 N–H and O–H groups in total. The van der Waals surface area contributed by atoms with Crippen LogP contribution < -0.4 is 14.9 Å². The van der Waals surface area contributed by atoms with Gasteiger partial charge in [-0.25, -0.2) is 4.98 Å². The molecule has 3 aromatic carbocycles. The van der Waals surface area contributed by atoms with E-state index in [1.807, 2.05) is 6.08 Å². The van der Waals surface area contributed by atoms with Crippen molar-refractivity contribution in [2.45, 2.75) is 36.8 Å². The smallest absolute Gasteiger partial charge is 0.417 e. The number of imide groups is 2. The molecule has 6 unspecified atom stereocenters. The minimum absolute atomic E-state index is 0.0642. The number of alkyl halides is 3. The fourth-order valence-corrected chi connectivity index (χ4v) is 9.83. The van der Waals surface area contributed by atoms with E-state index in [2.05, 4.69) is 10.4 Å². The van der Waals surface area contributed by atoms with Crippen molar-refractivity contribution in [1.29, 1.82) is 0 Å². The third kappa shape index (κ3) is 6.41. The second-order valence-electron chi connectivity index (χ2n) is 14.9. The van der Waals surface area contributed by atoms with E-state index in [9.17, 15) is 33.0 Å². The van der Waals surface area contributed by atoms with Gasteiger partial charge in [0.05, 0.1) is 48.0 Å². The summed E-state index contributed by atoms with van der Waals surface area (Å²) < 4.78 is 52.3. The number of fused-ring (bicyclic) bond motifs is 4. The zero-order chi connectivity index (χ0) is 42.1. The lowest BCUT2D eigenvalue weighted by Gasteiger charge is -2.51. The van der Waals surface area contributed by atoms with E-state index in [0.29, 0.717) is 39.9 Å². The van der Waals surface area contributed by atoms with E-state index in [-0.39, 0.29) is 53.9 Å². The molecule has 8 rings (SSSR count). The van der Waals surface area contributed by atoms with Crippen LogP contribution in [0.25, 0.3) is 0 Å². The molecule has 2 aliphatic carbocycles. The van der Waals surface area contributed by atoms with Crippen molar-refractivity contribution in [3.63, 3.8) is 0 Å². The van der Waals surface area contributed by atoms with Gasteiger partial charge in [0.2, 0.25) is 11.8 Å². The van der Waals surface area contributed by atoms with Crippen molar-refractivity contribution < 1.29 is 52.0 Å². The quantitative estimate of drug-likeness (QED) is 0.118. The maximum atomic E-state index is 15.5. The van der Waals surface area contributed by atoms with Gasteiger partial charge in [0.15, 0.2) is 5.82 Å². The van der Waals surface area contributed by atoms with Crippen LogP contribution in [0.4, 0.5) is 19.0 Å². The molecule has 3 fully saturated rings. The number of allylic oxidation sites excluding steroid dienone is 2. The largest absolute Gasteiger partial charge is 0.508 e. The van der Waals surface area contributed by atoms with Crippen molar-refractivity contribution in [2.75, 3.05) is 26.2 Å². The Labute approximate surface area is 345 Å². The SMILES string of the molecule is COc1cc(O)cc(OC)c1C1C2=CCC3C(=O)N(CCc4ccc(O)cc4)C(=O)C3C2CC2C(=O)N(Nc3ncc(C(F)(F)F)cc3Cl)C(=O)C21c1ccc(Cl)cc1. The lowest BCUT2D eigenvalue weighted by atomic mass is 9.49. The normalized spacial score (nSPS) is 25.1. The number of benzene rings is 3. The maximum Gasteiger partial charge on any atom is 0.417 e. The van der Waals surface area contributed by atoms with Crippen molar-refractivity contribution in [1.82, 2.24) is 14.9 Å². The first-order chi connectivity index (χ1) is 28.1. The number of ether oxygens (including phenoxy) is 2. The molecule has 0 radical (unpaired) electrons. The van der Waals surface area contributed by atoms with E-state index < -0.39 is 75.3 Å². The van der Waals surface area contributed by atoms with Crippen LogP contribution in [0.3, 0.4) is 0 Å². The minimum atomic E-state index is -4.78. The van der Waals surface area contributed by atoms with E-state index >= 15 is 9.59 Å². The van der Waals surface area contributed by atoms with E-state index in [4.69, 9.17) is 32.7 Å². The van der Waals surface area contributed by atoms with Crippen LogP contribution in [-0.2, 0) is 37.2 Å². The summed E-state index contributed by atoms with van der Waals surface area (Å²) in [4.78, 5) is 64.2. The van der Waals surface area contributed by atoms with Crippen LogP contribution in [0.2, 0.25) is 10.0 Å². The highest BCUT2D eigenvalue weighted by atomic mass is 35.5. The third-order valence-electron chi connectivity index (χ3n) is 12.0. The molecule has 59 heavy (non-hydrogen) atoms. The zero-order valence-corrected chi connectivity index (χ0v) is 32.8. The first-order valence-electron chi connectivity index (χ1n) is 18.5. The summed E-state index contributed by atoms with van der Waals surface area (Å²) in [6.07, 6.45) is -2.09. The predicted octanol–water partition coefficient (Wildman–Crippen LogP) is 7.06. The molecule has 0 bridgehead atoms. The van der Waals surface area contributed by atoms with Crippen LogP contribution in [0, 0.1) is 23.7 Å². The maximum absolute atomic E-state index is 15.5. The summed E-state index contributed by atoms with van der Waals surface area (Å²) >= 11 is 12.7. The van der Waals surface area contributed by atoms with Gasteiger partial charge in [-0.3, -0.25) is 29.5 Å². The summed E-state index contributed by atoms with van der Waals surface area (Å²) in [6.45, 7) is 0.0642. The summed E-state index contributed by atoms with van der Waals surface area (Å²) in [6, 6.07) is 16.0. The Morgan fingerprint density at radius 3 is 2.15 bits per heavy atom. The molecule has 6 atom stereocenters. The van der Waals surface area contributed by atoms with Crippen LogP contribution in [0.15, 0.2) is 84.6 Å². The zero-order valence-electron chi connectivity index (χ0n) is 31.3. The first-order valence-corrected chi connectivity index (χ1v) is 19.3. The van der Waals surface area contributed by atoms with Crippen LogP contribution in [0.1, 0.15) is 41.0 Å². The minimum Gasteiger partial charge on any atom is -0.508 e. The topological polar surface area (TPSA) is 159 Å². The number of aromatic nitrogens is 1. The number of carbonyl (C=O) groups excluding carboxylic acids is 4. The number of nitrogens with one attached hydrogen (secondary N) is 1. The van der Waals surface area contributed by atoms with Gasteiger partial charge < -0.3 is 19.7 Å². The van der Waals surface area contributed by atoms with Gasteiger partial charge in [-0.2, -0.15) is 18.2 Å². The Bertz CT molecular complexity index is 2400. The average Bonchev–Trinajstić information content (AvgIpc) is 3.58. The third-order valence-corrected chi connectivity index (χ3v) is 12.6. The van der Waals surface area contributed by atoms with E-state index in [1.54, 1.807) is 36.4 Å². The fourth-order valence-electron chi connectivity index (χ4n) is 9.50. The molecule has 4 aromatic rings. The monoisotopic (exact) mass is 850 g/mol. The summed E-state index contributed by atoms with van der Waals surface area (Å²) in [7, 11) is 2.71. The number of amides is 4. The second kappa shape index (κ2) is 14.8. The van der Waals surface area contributed by atoms with Gasteiger partial charge in [0.25, 0.3) is 11.8 Å². The number of aromatic hydroxyl groups is 2. The highest BCUT2D eigenvalue weighted by Crippen LogP contribution is 2.66. The molecular formula is C42H35Cl2F3N4O8. The van der Waals surface area contributed by atoms with Crippen LogP contribution in [-0.4, -0.2) is 69.5 Å². The molecule has 2 saturated heterocycles. The molecule has 12 nitrogen and oxygen atoms in total. The second-order valence-corrected chi connectivity index (χ2v) is 15.8. The lowest BCUT2D eigenvalue weighted by Crippen LogP contribution is -2.53. The van der Waals surface area contributed by atoms with Gasteiger partial charge in [-0.05, 0) is 66.6 Å². The van der Waals surface area contributed by atoms with Crippen molar-refractivity contribution >= 4 is 52.6 Å². The number of halogens is 5. The molecule has 3 heterocycles. The fraction of sp³-hybridized carbons (Fsp3) is 0.310. The molecule has 1 saturated carbocycles. The number of methoxy groups -OCH3 is 2. The van der Waals surface area contributed by atoms with Crippen molar-refractivity contribution in [3.8, 4) is 23.0 Å². The van der Waals surface area contributed by atoms with Gasteiger partial charge in [0, 0.05) is 41.4 Å². The molecule has 1 aromatic heterocycles. The summed E-state index contributed by atoms with van der Waals surface area (Å²) in [5.41, 5.74) is 1.52. The number of carbonyl (C=O) groups is 4.